The monoisotopic (exact) mass is 501 g/mol. The first-order chi connectivity index (χ1) is 11.7. The second kappa shape index (κ2) is 7.71. The molecule has 0 aromatic heterocycles. The second-order valence-electron chi connectivity index (χ2n) is 7.44. The summed E-state index contributed by atoms with van der Waals surface area (Å²) in [5, 5.41) is 0.551. The van der Waals surface area contributed by atoms with Crippen LogP contribution in [-0.4, -0.2) is 10.5 Å². The quantitative estimate of drug-likeness (QED) is 0.555. The van der Waals surface area contributed by atoms with Crippen molar-refractivity contribution in [2.45, 2.75) is 43.3 Å². The molecule has 0 bridgehead atoms. The molecular weight excluding hydrogens is 481 g/mol. The van der Waals surface area contributed by atoms with E-state index in [0.717, 1.165) is 23.1 Å². The van der Waals surface area contributed by atoms with Crippen LogP contribution in [0, 0.1) is 5.92 Å². The fraction of sp³-hybridized carbons (Fsp3) is 0.400. The van der Waals surface area contributed by atoms with Gasteiger partial charge in [0.1, 0.15) is 0 Å². The maximum Gasteiger partial charge on any atom is -1.00 e. The van der Waals surface area contributed by atoms with Crippen LogP contribution in [-0.2, 0) is 33.8 Å². The topological polar surface area (TPSA) is 46.5 Å². The predicted molar refractivity (Wildman–Crippen MR) is 95.7 cm³/mol. The van der Waals surface area contributed by atoms with Gasteiger partial charge in [-0.3, -0.25) is 0 Å². The molecule has 0 radical (unpaired) electrons. The average Bonchev–Trinajstić information content (AvgIpc) is 2.99. The zero-order valence-electron chi connectivity index (χ0n) is 15.7. The van der Waals surface area contributed by atoms with Crippen molar-refractivity contribution in [3.05, 3.63) is 63.0 Å². The van der Waals surface area contributed by atoms with Crippen molar-refractivity contribution in [2.75, 3.05) is 0 Å². The number of rotatable bonds is 3. The van der Waals surface area contributed by atoms with Gasteiger partial charge in [-0.1, -0.05) is 0 Å². The molecule has 0 spiro atoms. The van der Waals surface area contributed by atoms with E-state index in [0.29, 0.717) is 5.31 Å². The Hall–Kier alpha value is 0.0531. The van der Waals surface area contributed by atoms with Crippen LogP contribution in [0.3, 0.4) is 0 Å². The molecule has 1 fully saturated rings. The zero-order chi connectivity index (χ0) is 18.1. The maximum atomic E-state index is 13.4. The SMILES string of the molecule is CC1=C(C)C2(OP(=O)(O)C3=Cc4ccccc4[CH]3[Zr+2])C(=C1C)CC2C.[Cl-].[Cl-]. The Balaban J connectivity index is 0.00000131. The molecular formula is C20H22Cl2O3PZr. The van der Waals surface area contributed by atoms with Gasteiger partial charge in [0.05, 0.1) is 0 Å². The number of benzene rings is 1. The van der Waals surface area contributed by atoms with E-state index in [1.165, 1.54) is 41.4 Å². The Labute approximate surface area is 188 Å². The molecule has 1 saturated carbocycles. The van der Waals surface area contributed by atoms with Crippen LogP contribution in [0.1, 0.15) is 48.9 Å². The first-order valence-corrected chi connectivity index (χ1v) is 11.6. The van der Waals surface area contributed by atoms with E-state index in [-0.39, 0.29) is 34.4 Å². The van der Waals surface area contributed by atoms with Gasteiger partial charge in [0.2, 0.25) is 0 Å². The molecule has 0 aliphatic heterocycles. The molecule has 143 valence electrons. The first kappa shape index (κ1) is 23.3. The summed E-state index contributed by atoms with van der Waals surface area (Å²) in [5.41, 5.74) is 6.24. The third-order valence-electron chi connectivity index (χ3n) is 6.29. The van der Waals surface area contributed by atoms with Gasteiger partial charge >= 0.3 is 165 Å². The number of allylic oxidation sites excluding steroid dienone is 3. The summed E-state index contributed by atoms with van der Waals surface area (Å²) in [4.78, 5) is 11.0. The van der Waals surface area contributed by atoms with Crippen molar-refractivity contribution in [3.8, 4) is 0 Å². The summed E-state index contributed by atoms with van der Waals surface area (Å²) in [5.74, 6) is 0.225. The summed E-state index contributed by atoms with van der Waals surface area (Å²) in [6.45, 7) is 8.36. The third kappa shape index (κ3) is 3.16. The van der Waals surface area contributed by atoms with Gasteiger partial charge in [-0.2, -0.15) is 0 Å². The van der Waals surface area contributed by atoms with Crippen LogP contribution in [0.4, 0.5) is 0 Å². The standard InChI is InChI=1S/C20H22O3P.2ClH.Zr/c1-12-9-19-14(3)13(2)15(4)20(12,19)23-24(21,22)18-10-16-7-5-6-8-17(16)11-18;;;/h5-8,10-12H,9H2,1-4H3,(H,21,22);2*1H;/q;;;+2/p-2. The van der Waals surface area contributed by atoms with Gasteiger partial charge in [0, 0.05) is 0 Å². The molecule has 3 aliphatic carbocycles. The number of hydrogen-bond acceptors (Lipinski definition) is 2. The summed E-state index contributed by atoms with van der Waals surface area (Å²) < 4.78 is 19.5. The Bertz CT molecular complexity index is 917. The number of hydrogen-bond donors (Lipinski definition) is 1. The van der Waals surface area contributed by atoms with Crippen molar-refractivity contribution in [1.82, 2.24) is 0 Å². The minimum absolute atomic E-state index is 0. The van der Waals surface area contributed by atoms with Gasteiger partial charge in [0.25, 0.3) is 0 Å². The molecule has 27 heavy (non-hydrogen) atoms. The van der Waals surface area contributed by atoms with E-state index < -0.39 is 13.2 Å². The van der Waals surface area contributed by atoms with E-state index in [9.17, 15) is 9.46 Å². The summed E-state index contributed by atoms with van der Waals surface area (Å²) in [6.07, 6.45) is 2.81. The van der Waals surface area contributed by atoms with Crippen molar-refractivity contribution in [3.63, 3.8) is 0 Å². The first-order valence-electron chi connectivity index (χ1n) is 8.64. The molecule has 1 aromatic carbocycles. The third-order valence-corrected chi connectivity index (χ3v) is 9.99. The molecule has 0 amide bonds. The van der Waals surface area contributed by atoms with Crippen LogP contribution < -0.4 is 24.8 Å². The Morgan fingerprint density at radius 3 is 2.37 bits per heavy atom. The Kier molecular flexibility index (Phi) is 6.66. The number of halogens is 2. The van der Waals surface area contributed by atoms with Gasteiger partial charge in [-0.15, -0.1) is 0 Å². The fourth-order valence-corrected chi connectivity index (χ4v) is 8.34. The molecule has 4 rings (SSSR count). The van der Waals surface area contributed by atoms with Crippen molar-refractivity contribution < 1.29 is 63.5 Å². The van der Waals surface area contributed by atoms with Crippen LogP contribution in [0.25, 0.3) is 6.08 Å². The molecule has 1 aromatic rings. The molecule has 3 aliphatic rings. The van der Waals surface area contributed by atoms with Crippen LogP contribution >= 0.6 is 7.60 Å². The zero-order valence-corrected chi connectivity index (χ0v) is 20.6. The molecule has 7 heteroatoms. The molecule has 3 nitrogen and oxygen atoms in total. The normalized spacial score (nSPS) is 30.6. The van der Waals surface area contributed by atoms with Crippen molar-refractivity contribution in [1.29, 1.82) is 0 Å². The Morgan fingerprint density at radius 2 is 1.81 bits per heavy atom. The number of fused-ring (bicyclic) bond motifs is 2. The minimum atomic E-state index is -3.89. The largest absolute Gasteiger partial charge is 1.00 e. The summed E-state index contributed by atoms with van der Waals surface area (Å²) in [6, 6.07) is 8.00. The van der Waals surface area contributed by atoms with Crippen molar-refractivity contribution >= 4 is 13.7 Å². The smallest absolute Gasteiger partial charge is 1.00 e. The fourth-order valence-electron chi connectivity index (χ4n) is 4.59. The van der Waals surface area contributed by atoms with Gasteiger partial charge in [-0.25, -0.2) is 0 Å². The van der Waals surface area contributed by atoms with E-state index in [1.54, 1.807) is 0 Å². The van der Waals surface area contributed by atoms with Crippen LogP contribution in [0.15, 0.2) is 51.9 Å². The molecule has 1 N–H and O–H groups in total. The van der Waals surface area contributed by atoms with Gasteiger partial charge < -0.3 is 24.8 Å². The van der Waals surface area contributed by atoms with E-state index in [4.69, 9.17) is 4.52 Å². The van der Waals surface area contributed by atoms with Gasteiger partial charge in [-0.05, 0) is 0 Å². The molecule has 0 heterocycles. The maximum absolute atomic E-state index is 13.4. The summed E-state index contributed by atoms with van der Waals surface area (Å²) in [7, 11) is -3.89. The molecule has 0 saturated heterocycles. The Morgan fingerprint density at radius 1 is 1.19 bits per heavy atom. The van der Waals surface area contributed by atoms with E-state index in [2.05, 4.69) is 20.8 Å². The van der Waals surface area contributed by atoms with Crippen molar-refractivity contribution in [2.24, 2.45) is 5.92 Å². The van der Waals surface area contributed by atoms with E-state index in [1.807, 2.05) is 37.3 Å². The average molecular weight is 503 g/mol. The predicted octanol–water partition coefficient (Wildman–Crippen LogP) is -0.716. The second-order valence-corrected chi connectivity index (χ2v) is 10.6. The van der Waals surface area contributed by atoms with E-state index >= 15 is 0 Å². The van der Waals surface area contributed by atoms with Crippen LogP contribution in [0.5, 0.6) is 0 Å². The minimum Gasteiger partial charge on any atom is -1.00 e. The molecule has 4 unspecified atom stereocenters. The van der Waals surface area contributed by atoms with Gasteiger partial charge in [0.15, 0.2) is 0 Å². The summed E-state index contributed by atoms with van der Waals surface area (Å²) >= 11 is 1.21. The van der Waals surface area contributed by atoms with Crippen LogP contribution in [0.2, 0.25) is 0 Å². The molecule has 4 atom stereocenters.